The second kappa shape index (κ2) is 2.69. The fourth-order valence-electron chi connectivity index (χ4n) is 1.89. The van der Waals surface area contributed by atoms with Gasteiger partial charge in [-0.1, -0.05) is 0 Å². The van der Waals surface area contributed by atoms with Gasteiger partial charge in [-0.2, -0.15) is 0 Å². The summed E-state index contributed by atoms with van der Waals surface area (Å²) >= 11 is 0. The van der Waals surface area contributed by atoms with Crippen LogP contribution in [0.5, 0.6) is 0 Å². The molecule has 0 spiro atoms. The van der Waals surface area contributed by atoms with E-state index in [0.29, 0.717) is 0 Å². The molecular weight excluding hydrogens is 156 g/mol. The third-order valence-electron chi connectivity index (χ3n) is 2.56. The van der Waals surface area contributed by atoms with Crippen LogP contribution in [0.15, 0.2) is 5.34 Å². The molecule has 0 N–H and O–H groups in total. The Morgan fingerprint density at radius 1 is 1.17 bits per heavy atom. The minimum atomic E-state index is -0.0859. The molecule has 0 aliphatic carbocycles. The molecule has 1 heterocycles. The summed E-state index contributed by atoms with van der Waals surface area (Å²) in [7, 11) is 0. The third-order valence-corrected chi connectivity index (χ3v) is 2.56. The first-order valence-corrected chi connectivity index (χ1v) is 4.20. The Kier molecular flexibility index (Phi) is 2.12. The Labute approximate surface area is 72.8 Å². The summed E-state index contributed by atoms with van der Waals surface area (Å²) in [6, 6.07) is 0. The predicted molar refractivity (Wildman–Crippen MR) is 46.1 cm³/mol. The van der Waals surface area contributed by atoms with E-state index in [0.717, 1.165) is 12.8 Å². The van der Waals surface area contributed by atoms with Crippen LogP contribution in [0.1, 0.15) is 40.5 Å². The van der Waals surface area contributed by atoms with Crippen molar-refractivity contribution in [3.8, 4) is 0 Å². The van der Waals surface area contributed by atoms with Gasteiger partial charge in [0, 0.05) is 0 Å². The zero-order valence-corrected chi connectivity index (χ0v) is 8.13. The Balaban J connectivity index is 2.80. The molecule has 0 saturated carbocycles. The van der Waals surface area contributed by atoms with E-state index in [9.17, 15) is 4.91 Å². The van der Waals surface area contributed by atoms with Crippen molar-refractivity contribution in [2.75, 3.05) is 0 Å². The van der Waals surface area contributed by atoms with Gasteiger partial charge in [0.1, 0.15) is 0 Å². The van der Waals surface area contributed by atoms with E-state index in [2.05, 4.69) is 5.34 Å². The Morgan fingerprint density at radius 2 is 1.58 bits per heavy atom. The fourth-order valence-corrected chi connectivity index (χ4v) is 1.89. The second-order valence-corrected chi connectivity index (χ2v) is 4.58. The molecule has 1 rings (SSSR count). The Bertz CT molecular complexity index is 173. The van der Waals surface area contributed by atoms with Crippen molar-refractivity contribution in [1.29, 1.82) is 0 Å². The van der Waals surface area contributed by atoms with Crippen molar-refractivity contribution in [2.45, 2.75) is 51.6 Å². The normalized spacial score (nSPS) is 27.0. The Hall–Kier alpha value is -0.640. The van der Waals surface area contributed by atoms with E-state index >= 15 is 0 Å². The highest BCUT2D eigenvalue weighted by atomic mass is 16.9. The van der Waals surface area contributed by atoms with Gasteiger partial charge in [0.25, 0.3) is 0 Å². The molecule has 0 aromatic carbocycles. The lowest BCUT2D eigenvalue weighted by molar-refractivity contribution is -0.242. The quantitative estimate of drug-likeness (QED) is 0.474. The van der Waals surface area contributed by atoms with Crippen molar-refractivity contribution >= 4 is 0 Å². The van der Waals surface area contributed by atoms with Crippen molar-refractivity contribution in [1.82, 2.24) is 5.06 Å². The molecular formula is C8H16N2O2. The van der Waals surface area contributed by atoms with Crippen LogP contribution in [-0.2, 0) is 4.94 Å². The summed E-state index contributed by atoms with van der Waals surface area (Å²) in [5.74, 6) is 0. The van der Waals surface area contributed by atoms with Gasteiger partial charge in [0.2, 0.25) is 0 Å². The van der Waals surface area contributed by atoms with Gasteiger partial charge in [0.05, 0.1) is 11.1 Å². The van der Waals surface area contributed by atoms with E-state index in [1.807, 2.05) is 27.7 Å². The van der Waals surface area contributed by atoms with Crippen molar-refractivity contribution in [2.24, 2.45) is 5.34 Å². The average Bonchev–Trinajstić information content (AvgIpc) is 2.13. The molecule has 0 atom stereocenters. The summed E-state index contributed by atoms with van der Waals surface area (Å²) in [4.78, 5) is 14.8. The molecule has 4 heteroatoms. The first kappa shape index (κ1) is 9.45. The molecule has 0 radical (unpaired) electrons. The van der Waals surface area contributed by atoms with Crippen LogP contribution >= 0.6 is 0 Å². The molecule has 0 aromatic rings. The molecule has 0 bridgehead atoms. The Morgan fingerprint density at radius 3 is 1.92 bits per heavy atom. The van der Waals surface area contributed by atoms with Crippen LogP contribution < -0.4 is 0 Å². The fraction of sp³-hybridized carbons (Fsp3) is 1.00. The lowest BCUT2D eigenvalue weighted by Crippen LogP contribution is -2.46. The molecule has 0 unspecified atom stereocenters. The second-order valence-electron chi connectivity index (χ2n) is 4.58. The summed E-state index contributed by atoms with van der Waals surface area (Å²) in [6.45, 7) is 8.19. The SMILES string of the molecule is CC1(C)CCC(C)(C)N1ON=O. The van der Waals surface area contributed by atoms with Gasteiger partial charge in [-0.15, -0.1) is 9.97 Å². The summed E-state index contributed by atoms with van der Waals surface area (Å²) in [6.07, 6.45) is 2.05. The van der Waals surface area contributed by atoms with Crippen LogP contribution in [0.4, 0.5) is 0 Å². The molecule has 1 fully saturated rings. The smallest absolute Gasteiger partial charge is 0.176 e. The average molecular weight is 172 g/mol. The number of rotatable bonds is 2. The standard InChI is InChI=1S/C8H16N2O2/c1-7(2)5-6-8(3,4)10(7)12-9-11/h5-6H2,1-4H3. The van der Waals surface area contributed by atoms with E-state index in [1.54, 1.807) is 5.06 Å². The maximum Gasteiger partial charge on any atom is 0.176 e. The number of hydroxylamine groups is 2. The molecule has 1 aliphatic rings. The molecule has 12 heavy (non-hydrogen) atoms. The summed E-state index contributed by atoms with van der Waals surface area (Å²) in [5, 5.41) is 4.17. The van der Waals surface area contributed by atoms with Gasteiger partial charge in [-0.25, -0.2) is 0 Å². The van der Waals surface area contributed by atoms with Crippen molar-refractivity contribution < 1.29 is 4.94 Å². The number of hydrogen-bond acceptors (Lipinski definition) is 4. The topological polar surface area (TPSA) is 41.9 Å². The lowest BCUT2D eigenvalue weighted by atomic mass is 10.0. The van der Waals surface area contributed by atoms with E-state index in [4.69, 9.17) is 4.94 Å². The maximum absolute atomic E-state index is 10.0. The highest BCUT2D eigenvalue weighted by molar-refractivity contribution is 4.96. The third kappa shape index (κ3) is 1.43. The van der Waals surface area contributed by atoms with E-state index in [1.165, 1.54) is 0 Å². The lowest BCUT2D eigenvalue weighted by Gasteiger charge is -2.34. The molecule has 0 aromatic heterocycles. The van der Waals surface area contributed by atoms with Gasteiger partial charge in [0.15, 0.2) is 5.34 Å². The summed E-state index contributed by atoms with van der Waals surface area (Å²) < 4.78 is 0. The van der Waals surface area contributed by atoms with Crippen molar-refractivity contribution in [3.05, 3.63) is 4.91 Å². The highest BCUT2D eigenvalue weighted by Gasteiger charge is 2.47. The van der Waals surface area contributed by atoms with Crippen LogP contribution in [0.3, 0.4) is 0 Å². The molecule has 0 amide bonds. The zero-order valence-electron chi connectivity index (χ0n) is 8.13. The van der Waals surface area contributed by atoms with Crippen LogP contribution in [0, 0.1) is 4.91 Å². The van der Waals surface area contributed by atoms with Crippen LogP contribution in [-0.4, -0.2) is 16.1 Å². The minimum Gasteiger partial charge on any atom is -0.259 e. The highest BCUT2D eigenvalue weighted by Crippen LogP contribution is 2.40. The zero-order chi connectivity index (χ0) is 9.41. The van der Waals surface area contributed by atoms with E-state index < -0.39 is 0 Å². The molecule has 1 saturated heterocycles. The molecule has 1 aliphatic heterocycles. The van der Waals surface area contributed by atoms with Crippen LogP contribution in [0.25, 0.3) is 0 Å². The van der Waals surface area contributed by atoms with Gasteiger partial charge < -0.3 is 0 Å². The monoisotopic (exact) mass is 172 g/mol. The van der Waals surface area contributed by atoms with Crippen LogP contribution in [0.2, 0.25) is 0 Å². The number of nitrogens with zero attached hydrogens (tertiary/aromatic N) is 2. The maximum atomic E-state index is 10.0. The van der Waals surface area contributed by atoms with Gasteiger partial charge in [-0.3, -0.25) is 4.94 Å². The molecule has 4 nitrogen and oxygen atoms in total. The number of hydrogen-bond donors (Lipinski definition) is 0. The predicted octanol–water partition coefficient (Wildman–Crippen LogP) is 2.25. The first-order valence-electron chi connectivity index (χ1n) is 4.20. The summed E-state index contributed by atoms with van der Waals surface area (Å²) in [5.41, 5.74) is -0.172. The van der Waals surface area contributed by atoms with E-state index in [-0.39, 0.29) is 11.1 Å². The van der Waals surface area contributed by atoms with Gasteiger partial charge in [-0.05, 0) is 40.5 Å². The largest absolute Gasteiger partial charge is 0.259 e. The minimum absolute atomic E-state index is 0.0859. The van der Waals surface area contributed by atoms with Crippen molar-refractivity contribution in [3.63, 3.8) is 0 Å². The first-order chi connectivity index (χ1) is 5.40. The van der Waals surface area contributed by atoms with Gasteiger partial charge >= 0.3 is 0 Å². The molecule has 70 valence electrons.